The van der Waals surface area contributed by atoms with Gasteiger partial charge in [-0.05, 0) is 58.7 Å². The number of benzene rings is 3. The molecule has 0 spiro atoms. The molecule has 0 saturated carbocycles. The van der Waals surface area contributed by atoms with Crippen LogP contribution in [0.15, 0.2) is 76.7 Å². The number of nitrogens with two attached hydrogens (primary N) is 1. The number of carboxylic acid groups (broad SMARTS) is 1. The Kier molecular flexibility index (Phi) is 5.91. The van der Waals surface area contributed by atoms with Gasteiger partial charge in [0.2, 0.25) is 0 Å². The van der Waals surface area contributed by atoms with Crippen LogP contribution in [-0.2, 0) is 10.3 Å². The zero-order valence-corrected chi connectivity index (χ0v) is 20.3. The van der Waals surface area contributed by atoms with E-state index in [4.69, 9.17) is 43.7 Å². The number of rotatable bonds is 5. The number of carbonyl (C=O) groups is 1. The van der Waals surface area contributed by atoms with Crippen molar-refractivity contribution in [2.75, 3.05) is 20.2 Å². The van der Waals surface area contributed by atoms with Crippen molar-refractivity contribution in [3.8, 4) is 16.9 Å². The summed E-state index contributed by atoms with van der Waals surface area (Å²) in [6.45, 7) is 0.344. The van der Waals surface area contributed by atoms with Gasteiger partial charge in [0.15, 0.2) is 11.5 Å². The molecule has 0 aromatic heterocycles. The summed E-state index contributed by atoms with van der Waals surface area (Å²) in [4.78, 5) is 23.0. The quantitative estimate of drug-likeness (QED) is 0.522. The minimum absolute atomic E-state index is 0.144. The number of aliphatic carboxylic acids is 1. The fourth-order valence-electron chi connectivity index (χ4n) is 4.63. The van der Waals surface area contributed by atoms with E-state index in [9.17, 15) is 9.90 Å². The van der Waals surface area contributed by atoms with Gasteiger partial charge in [0.1, 0.15) is 11.6 Å². The largest absolute Gasteiger partial charge is 0.497 e. The van der Waals surface area contributed by atoms with Crippen LogP contribution in [0, 0.1) is 5.92 Å². The summed E-state index contributed by atoms with van der Waals surface area (Å²) >= 11 is 12.5. The van der Waals surface area contributed by atoms with E-state index < -0.39 is 17.4 Å². The first-order chi connectivity index (χ1) is 16.8. The molecule has 2 aliphatic rings. The molecule has 0 amide bonds. The maximum atomic E-state index is 11.7. The second-order valence-corrected chi connectivity index (χ2v) is 9.33. The summed E-state index contributed by atoms with van der Waals surface area (Å²) < 4.78 is 5.35. The van der Waals surface area contributed by atoms with Crippen LogP contribution in [0.2, 0.25) is 10.0 Å². The Morgan fingerprint density at radius 1 is 1.06 bits per heavy atom. The highest BCUT2D eigenvalue weighted by molar-refractivity contribution is 6.35. The number of halogens is 2. The first-order valence-corrected chi connectivity index (χ1v) is 11.7. The van der Waals surface area contributed by atoms with Crippen LogP contribution < -0.4 is 10.5 Å². The molecule has 3 aromatic rings. The molecule has 0 bridgehead atoms. The second-order valence-electron chi connectivity index (χ2n) is 8.46. The maximum absolute atomic E-state index is 11.7. The first kappa shape index (κ1) is 23.2. The smallest absolute Gasteiger partial charge is 0.310 e. The molecular formula is C26H22Cl2N4O3. The third-order valence-electron chi connectivity index (χ3n) is 6.34. The highest BCUT2D eigenvalue weighted by atomic mass is 35.5. The van der Waals surface area contributed by atoms with Crippen LogP contribution in [0.5, 0.6) is 5.75 Å². The van der Waals surface area contributed by atoms with E-state index in [-0.39, 0.29) is 19.0 Å². The summed E-state index contributed by atoms with van der Waals surface area (Å²) in [7, 11) is 1.61. The molecule has 2 heterocycles. The topological polar surface area (TPSA) is 101 Å². The van der Waals surface area contributed by atoms with E-state index in [1.165, 1.54) is 0 Å². The minimum atomic E-state index is -1.06. The van der Waals surface area contributed by atoms with Gasteiger partial charge in [-0.1, -0.05) is 53.5 Å². The number of ether oxygens (including phenoxy) is 1. The number of hydrogen-bond acceptors (Lipinski definition) is 6. The zero-order valence-electron chi connectivity index (χ0n) is 18.8. The Balaban J connectivity index is 1.71. The normalized spacial score (nSPS) is 21.2. The molecule has 5 rings (SSSR count). The molecule has 0 saturated heterocycles. The molecule has 3 N–H and O–H groups in total. The van der Waals surface area contributed by atoms with E-state index >= 15 is 0 Å². The molecule has 9 heteroatoms. The molecule has 3 aromatic carbocycles. The van der Waals surface area contributed by atoms with Crippen LogP contribution in [-0.4, -0.2) is 48.0 Å². The van der Waals surface area contributed by atoms with Crippen molar-refractivity contribution in [1.29, 1.82) is 0 Å². The van der Waals surface area contributed by atoms with Crippen molar-refractivity contribution in [2.45, 2.75) is 5.54 Å². The Morgan fingerprint density at radius 2 is 1.77 bits per heavy atom. The summed E-state index contributed by atoms with van der Waals surface area (Å²) in [6, 6.07) is 20.8. The predicted molar refractivity (Wildman–Crippen MR) is 137 cm³/mol. The van der Waals surface area contributed by atoms with Crippen LogP contribution in [0.1, 0.15) is 11.1 Å². The number of hydrogen-bond donors (Lipinski definition) is 2. The number of fused-ring (bicyclic) bond motifs is 1. The highest BCUT2D eigenvalue weighted by Gasteiger charge is 2.50. The first-order valence-electron chi connectivity index (χ1n) is 10.9. The highest BCUT2D eigenvalue weighted by Crippen LogP contribution is 2.43. The van der Waals surface area contributed by atoms with E-state index in [1.807, 2.05) is 60.7 Å². The Bertz CT molecular complexity index is 1350. The van der Waals surface area contributed by atoms with Crippen LogP contribution in [0.25, 0.3) is 11.1 Å². The van der Waals surface area contributed by atoms with Crippen molar-refractivity contribution in [3.05, 3.63) is 87.9 Å². The maximum Gasteiger partial charge on any atom is 0.310 e. The molecule has 2 aliphatic heterocycles. The van der Waals surface area contributed by atoms with Crippen molar-refractivity contribution in [2.24, 2.45) is 21.6 Å². The molecule has 2 unspecified atom stereocenters. The molecule has 178 valence electrons. The molecule has 0 aliphatic carbocycles. The monoisotopic (exact) mass is 508 g/mol. The van der Waals surface area contributed by atoms with Gasteiger partial charge in [-0.15, -0.1) is 0 Å². The lowest BCUT2D eigenvalue weighted by atomic mass is 9.80. The fraction of sp³-hybridized carbons (Fsp3) is 0.192. The zero-order chi connectivity index (χ0) is 24.7. The van der Waals surface area contributed by atoms with Gasteiger partial charge in [-0.3, -0.25) is 14.7 Å². The van der Waals surface area contributed by atoms with Crippen LogP contribution in [0.3, 0.4) is 0 Å². The number of aliphatic imine (C=N–C) groups is 2. The van der Waals surface area contributed by atoms with Crippen LogP contribution in [0.4, 0.5) is 0 Å². The summed E-state index contributed by atoms with van der Waals surface area (Å²) in [5.41, 5.74) is 8.75. The minimum Gasteiger partial charge on any atom is -0.497 e. The van der Waals surface area contributed by atoms with Gasteiger partial charge < -0.3 is 15.6 Å². The van der Waals surface area contributed by atoms with E-state index in [1.54, 1.807) is 18.1 Å². The molecular weight excluding hydrogens is 487 g/mol. The number of amidine groups is 1. The van der Waals surface area contributed by atoms with Crippen molar-refractivity contribution < 1.29 is 14.6 Å². The van der Waals surface area contributed by atoms with E-state index in [2.05, 4.69) is 0 Å². The van der Waals surface area contributed by atoms with Gasteiger partial charge in [0.25, 0.3) is 0 Å². The molecule has 2 atom stereocenters. The van der Waals surface area contributed by atoms with Crippen molar-refractivity contribution in [1.82, 2.24) is 4.90 Å². The summed E-state index contributed by atoms with van der Waals surface area (Å²) in [5, 5.41) is 10.6. The third kappa shape index (κ3) is 4.00. The summed E-state index contributed by atoms with van der Waals surface area (Å²) in [6.07, 6.45) is 0. The number of nitrogens with zero attached hydrogens (tertiary/aromatic N) is 3. The molecule has 0 radical (unpaired) electrons. The SMILES string of the molecule is COc1ccc(C2(c3cccc(-c4cc(Cl)cc(Cl)c4)c3)N=C(N)N3CC(C(=O)O)CN=C32)cc1. The van der Waals surface area contributed by atoms with Gasteiger partial charge in [-0.25, -0.2) is 4.99 Å². The number of guanidine groups is 1. The van der Waals surface area contributed by atoms with Gasteiger partial charge in [0.05, 0.1) is 19.6 Å². The Labute approximate surface area is 212 Å². The summed E-state index contributed by atoms with van der Waals surface area (Å²) in [5.74, 6) is -0.0586. The Hall–Kier alpha value is -3.55. The average Bonchev–Trinajstić information content (AvgIpc) is 3.16. The van der Waals surface area contributed by atoms with Crippen molar-refractivity contribution in [3.63, 3.8) is 0 Å². The van der Waals surface area contributed by atoms with Crippen LogP contribution >= 0.6 is 23.2 Å². The van der Waals surface area contributed by atoms with E-state index in [0.29, 0.717) is 21.6 Å². The second kappa shape index (κ2) is 8.91. The molecule has 35 heavy (non-hydrogen) atoms. The fourth-order valence-corrected chi connectivity index (χ4v) is 5.15. The third-order valence-corrected chi connectivity index (χ3v) is 6.77. The van der Waals surface area contributed by atoms with E-state index in [0.717, 1.165) is 22.3 Å². The van der Waals surface area contributed by atoms with Gasteiger partial charge in [-0.2, -0.15) is 0 Å². The van der Waals surface area contributed by atoms with Crippen molar-refractivity contribution >= 4 is 41.0 Å². The average molecular weight is 509 g/mol. The predicted octanol–water partition coefficient (Wildman–Crippen LogP) is 4.66. The van der Waals surface area contributed by atoms with Gasteiger partial charge in [0, 0.05) is 16.6 Å². The number of methoxy groups -OCH3 is 1. The lowest BCUT2D eigenvalue weighted by Crippen LogP contribution is -2.50. The number of carboxylic acids is 1. The lowest BCUT2D eigenvalue weighted by molar-refractivity contribution is -0.141. The molecule has 7 nitrogen and oxygen atoms in total. The van der Waals surface area contributed by atoms with Gasteiger partial charge >= 0.3 is 5.97 Å². The Morgan fingerprint density at radius 3 is 2.43 bits per heavy atom. The standard InChI is InChI=1S/C26H22Cl2N4O3/c1-35-22-7-5-18(6-8-22)26(24-30-13-17(23(33)34)14-32(24)25(29)31-26)19-4-2-3-15(9-19)16-10-20(27)12-21(28)11-16/h2-12,17H,13-14H2,1H3,(H2,29,31)(H,33,34). The lowest BCUT2D eigenvalue weighted by Gasteiger charge is -2.34. The molecule has 0 fully saturated rings.